The van der Waals surface area contributed by atoms with Crippen molar-refractivity contribution in [2.75, 3.05) is 24.7 Å². The van der Waals surface area contributed by atoms with Crippen LogP contribution in [0.2, 0.25) is 0 Å². The molecule has 3 N–H and O–H groups in total. The SMILES string of the molecule is CSS[C@H](C)O[C@@H]1C[C@H](n2cc(C#CCNC(=O)C(F)(F)F)c(NC(=O)c3ccccc3)nc2=O)OC1CO. The van der Waals surface area contributed by atoms with Crippen molar-refractivity contribution in [3.63, 3.8) is 0 Å². The topological polar surface area (TPSA) is 132 Å². The Hall–Kier alpha value is -3.03. The van der Waals surface area contributed by atoms with Crippen LogP contribution in [0.25, 0.3) is 0 Å². The average Bonchev–Trinajstić information content (AvgIpc) is 3.29. The van der Waals surface area contributed by atoms with Crippen LogP contribution in [0.1, 0.15) is 35.5 Å². The lowest BCUT2D eigenvalue weighted by molar-refractivity contribution is -0.173. The van der Waals surface area contributed by atoms with Gasteiger partial charge < -0.3 is 25.2 Å². The number of halogens is 3. The lowest BCUT2D eigenvalue weighted by Crippen LogP contribution is -2.36. The first-order chi connectivity index (χ1) is 18.5. The Bertz CT molecular complexity index is 1280. The Labute approximate surface area is 229 Å². The number of ether oxygens (including phenoxy) is 2. The Morgan fingerprint density at radius 1 is 1.33 bits per heavy atom. The minimum atomic E-state index is -5.07. The van der Waals surface area contributed by atoms with Crippen LogP contribution in [-0.2, 0) is 14.3 Å². The number of anilines is 1. The normalized spacial score (nSPS) is 19.6. The van der Waals surface area contributed by atoms with E-state index in [-0.39, 0.29) is 35.4 Å². The van der Waals surface area contributed by atoms with E-state index in [1.54, 1.807) is 23.5 Å². The molecule has 15 heteroatoms. The Morgan fingerprint density at radius 3 is 2.69 bits per heavy atom. The smallest absolute Gasteiger partial charge is 0.394 e. The van der Waals surface area contributed by atoms with Gasteiger partial charge in [-0.15, -0.1) is 0 Å². The second-order valence-electron chi connectivity index (χ2n) is 8.05. The standard InChI is InChI=1S/C24H25F3N4O6S2/c1-14(39-38-2)36-17-11-19(37-18(17)13-32)31-12-16(9-6-10-28-22(34)24(25,26)27)20(30-23(31)35)29-21(33)15-7-4-3-5-8-15/h3-5,7-8,12,14,17-19,32H,10-11,13H2,1-2H3,(H,28,34)(H,29,30,33,35)/t14-,17-,18?,19-/m1/s1. The molecule has 4 atom stereocenters. The molecule has 0 saturated carbocycles. The van der Waals surface area contributed by atoms with Crippen molar-refractivity contribution >= 4 is 39.2 Å². The lowest BCUT2D eigenvalue weighted by Gasteiger charge is -2.20. The van der Waals surface area contributed by atoms with Crippen molar-refractivity contribution in [3.8, 4) is 11.8 Å². The van der Waals surface area contributed by atoms with Crippen LogP contribution in [-0.4, -0.2) is 69.7 Å². The number of carbonyl (C=O) groups is 2. The van der Waals surface area contributed by atoms with E-state index in [0.29, 0.717) is 0 Å². The second kappa shape index (κ2) is 13.9. The van der Waals surface area contributed by atoms with Gasteiger partial charge in [0.2, 0.25) is 0 Å². The summed E-state index contributed by atoms with van der Waals surface area (Å²) in [5, 5.41) is 13.9. The molecule has 2 aromatic rings. The van der Waals surface area contributed by atoms with E-state index in [2.05, 4.69) is 22.1 Å². The highest BCUT2D eigenvalue weighted by Crippen LogP contribution is 2.34. The molecule has 1 fully saturated rings. The molecule has 1 aromatic carbocycles. The first-order valence-electron chi connectivity index (χ1n) is 11.5. The van der Waals surface area contributed by atoms with Crippen LogP contribution in [0.3, 0.4) is 0 Å². The van der Waals surface area contributed by atoms with E-state index in [1.165, 1.54) is 39.9 Å². The molecular formula is C24H25F3N4O6S2. The molecule has 1 unspecified atom stereocenters. The Morgan fingerprint density at radius 2 is 2.05 bits per heavy atom. The first-order valence-corrected chi connectivity index (χ1v) is 14.1. The van der Waals surface area contributed by atoms with Crippen molar-refractivity contribution in [1.82, 2.24) is 14.9 Å². The summed E-state index contributed by atoms with van der Waals surface area (Å²) in [4.78, 5) is 40.6. The average molecular weight is 587 g/mol. The maximum absolute atomic E-state index is 12.9. The zero-order valence-electron chi connectivity index (χ0n) is 20.7. The Kier molecular flexibility index (Phi) is 10.8. The molecule has 1 aromatic heterocycles. The summed E-state index contributed by atoms with van der Waals surface area (Å²) < 4.78 is 50.2. The van der Waals surface area contributed by atoms with Crippen LogP contribution in [0.5, 0.6) is 0 Å². The van der Waals surface area contributed by atoms with E-state index < -0.39 is 48.7 Å². The number of aliphatic hydroxyl groups is 1. The van der Waals surface area contributed by atoms with Gasteiger partial charge in [0.25, 0.3) is 5.91 Å². The van der Waals surface area contributed by atoms with E-state index in [9.17, 15) is 32.7 Å². The summed E-state index contributed by atoms with van der Waals surface area (Å²) in [6.07, 6.45) is -3.90. The molecule has 0 bridgehead atoms. The summed E-state index contributed by atoms with van der Waals surface area (Å²) in [6, 6.07) is 8.05. The Balaban J connectivity index is 1.90. The van der Waals surface area contributed by atoms with Crippen molar-refractivity contribution < 1.29 is 37.3 Å². The first kappa shape index (κ1) is 30.5. The van der Waals surface area contributed by atoms with Crippen molar-refractivity contribution in [2.45, 2.75) is 43.4 Å². The number of rotatable bonds is 9. The molecule has 1 aliphatic heterocycles. The maximum atomic E-state index is 12.9. The molecule has 0 spiro atoms. The molecule has 1 aliphatic rings. The largest absolute Gasteiger partial charge is 0.471 e. The fourth-order valence-electron chi connectivity index (χ4n) is 3.58. The van der Waals surface area contributed by atoms with Gasteiger partial charge in [-0.2, -0.15) is 18.2 Å². The van der Waals surface area contributed by atoms with Gasteiger partial charge in [0.1, 0.15) is 17.8 Å². The van der Waals surface area contributed by atoms with Gasteiger partial charge in [0, 0.05) is 18.2 Å². The van der Waals surface area contributed by atoms with Crippen molar-refractivity contribution in [3.05, 3.63) is 58.1 Å². The number of hydrogen-bond acceptors (Lipinski definition) is 9. The van der Waals surface area contributed by atoms with E-state index in [1.807, 2.05) is 13.2 Å². The minimum Gasteiger partial charge on any atom is -0.394 e. The third-order valence-electron chi connectivity index (χ3n) is 5.31. The predicted octanol–water partition coefficient (Wildman–Crippen LogP) is 2.55. The molecule has 1 saturated heterocycles. The molecule has 10 nitrogen and oxygen atoms in total. The zero-order valence-corrected chi connectivity index (χ0v) is 22.4. The van der Waals surface area contributed by atoms with Crippen LogP contribution in [0, 0.1) is 11.8 Å². The summed E-state index contributed by atoms with van der Waals surface area (Å²) >= 11 is 0. The van der Waals surface area contributed by atoms with Gasteiger partial charge in [-0.3, -0.25) is 14.2 Å². The van der Waals surface area contributed by atoms with Gasteiger partial charge in [0.05, 0.1) is 24.8 Å². The highest BCUT2D eigenvalue weighted by molar-refractivity contribution is 8.76. The molecule has 39 heavy (non-hydrogen) atoms. The van der Waals surface area contributed by atoms with E-state index >= 15 is 0 Å². The highest BCUT2D eigenvalue weighted by Gasteiger charge is 2.39. The summed E-state index contributed by atoms with van der Waals surface area (Å²) in [7, 11) is 2.98. The van der Waals surface area contributed by atoms with Crippen LogP contribution in [0.15, 0.2) is 41.3 Å². The van der Waals surface area contributed by atoms with Gasteiger partial charge in [-0.25, -0.2) is 4.79 Å². The number of benzene rings is 1. The molecule has 0 aliphatic carbocycles. The molecule has 0 radical (unpaired) electrons. The van der Waals surface area contributed by atoms with E-state index in [4.69, 9.17) is 9.47 Å². The number of carbonyl (C=O) groups excluding carboxylic acids is 2. The number of nitrogens with one attached hydrogen (secondary N) is 2. The van der Waals surface area contributed by atoms with Gasteiger partial charge in [-0.1, -0.05) is 51.6 Å². The number of amides is 2. The summed E-state index contributed by atoms with van der Waals surface area (Å²) in [5.74, 6) is 1.92. The number of aliphatic hydroxyl groups excluding tert-OH is 1. The molecule has 2 heterocycles. The quantitative estimate of drug-likeness (QED) is 0.230. The van der Waals surface area contributed by atoms with E-state index in [0.717, 1.165) is 4.57 Å². The summed E-state index contributed by atoms with van der Waals surface area (Å²) in [6.45, 7) is 0.819. The van der Waals surface area contributed by atoms with Crippen molar-refractivity contribution in [2.24, 2.45) is 0 Å². The fraction of sp³-hybridized carbons (Fsp3) is 0.417. The number of alkyl halides is 3. The molecular weight excluding hydrogens is 561 g/mol. The van der Waals surface area contributed by atoms with Crippen LogP contribution < -0.4 is 16.3 Å². The number of nitrogens with zero attached hydrogens (tertiary/aromatic N) is 2. The lowest BCUT2D eigenvalue weighted by atomic mass is 10.2. The second-order valence-corrected chi connectivity index (χ2v) is 10.8. The van der Waals surface area contributed by atoms with Gasteiger partial charge in [-0.05, 0) is 25.3 Å². The fourth-order valence-corrected chi connectivity index (χ4v) is 4.99. The highest BCUT2D eigenvalue weighted by atomic mass is 33.1. The van der Waals surface area contributed by atoms with Crippen molar-refractivity contribution in [1.29, 1.82) is 0 Å². The van der Waals surface area contributed by atoms with Crippen LogP contribution in [0.4, 0.5) is 19.0 Å². The van der Waals surface area contributed by atoms with Crippen LogP contribution >= 0.6 is 21.6 Å². The number of hydrogen-bond donors (Lipinski definition) is 3. The zero-order chi connectivity index (χ0) is 28.6. The van der Waals surface area contributed by atoms with Gasteiger partial charge >= 0.3 is 17.8 Å². The molecule has 210 valence electrons. The van der Waals surface area contributed by atoms with Gasteiger partial charge in [0.15, 0.2) is 5.82 Å². The molecule has 3 rings (SSSR count). The predicted molar refractivity (Wildman–Crippen MR) is 140 cm³/mol. The third kappa shape index (κ3) is 8.48. The third-order valence-corrected chi connectivity index (χ3v) is 7.27. The maximum Gasteiger partial charge on any atom is 0.471 e. The monoisotopic (exact) mass is 586 g/mol. The molecule has 2 amide bonds. The summed E-state index contributed by atoms with van der Waals surface area (Å²) in [5.41, 5.74) is -0.773. The number of aromatic nitrogens is 2. The minimum absolute atomic E-state index is 0.0139.